The topological polar surface area (TPSA) is 18.5 Å². The second-order valence-corrected chi connectivity index (χ2v) is 14.2. The average molecular weight is 623 g/mol. The van der Waals surface area contributed by atoms with Gasteiger partial charge < -0.3 is 9.47 Å². The van der Waals surface area contributed by atoms with Gasteiger partial charge in [-0.15, -0.1) is 0 Å². The average Bonchev–Trinajstić information content (AvgIpc) is 3.04. The largest absolute Gasteiger partial charge is 0.381 e. The van der Waals surface area contributed by atoms with Gasteiger partial charge in [-0.3, -0.25) is 0 Å². The first-order chi connectivity index (χ1) is 21.9. The van der Waals surface area contributed by atoms with Crippen LogP contribution in [0.25, 0.3) is 0 Å². The summed E-state index contributed by atoms with van der Waals surface area (Å²) in [6.45, 7) is 8.36. The van der Waals surface area contributed by atoms with Crippen LogP contribution in [0, 0.1) is 0 Å². The summed E-state index contributed by atoms with van der Waals surface area (Å²) in [5.74, 6) is 0. The van der Waals surface area contributed by atoms with E-state index in [9.17, 15) is 0 Å². The van der Waals surface area contributed by atoms with Gasteiger partial charge in [-0.1, -0.05) is 219 Å². The van der Waals surface area contributed by atoms with E-state index in [-0.39, 0.29) is 0 Å². The molecule has 0 unspecified atom stereocenters. The Bertz CT molecular complexity index is 423. The molecule has 0 aliphatic heterocycles. The highest BCUT2D eigenvalue weighted by molar-refractivity contribution is 4.52. The maximum absolute atomic E-state index is 5.85. The number of rotatable bonds is 41. The Morgan fingerprint density at radius 2 is 0.318 bits per heavy atom. The van der Waals surface area contributed by atoms with Crippen molar-refractivity contribution < 1.29 is 9.47 Å². The molecule has 2 nitrogen and oxygen atoms in total. The van der Waals surface area contributed by atoms with Crippen LogP contribution in [-0.2, 0) is 9.47 Å². The maximum Gasteiger partial charge on any atom is 0.0466 e. The van der Waals surface area contributed by atoms with Crippen LogP contribution in [-0.4, -0.2) is 26.4 Å². The molecule has 0 aromatic carbocycles. The van der Waals surface area contributed by atoms with Crippen molar-refractivity contribution in [2.45, 2.75) is 245 Å². The monoisotopic (exact) mass is 623 g/mol. The van der Waals surface area contributed by atoms with Crippen molar-refractivity contribution in [3.05, 3.63) is 0 Å². The van der Waals surface area contributed by atoms with Gasteiger partial charge in [0.2, 0.25) is 0 Å². The van der Waals surface area contributed by atoms with Crippen LogP contribution >= 0.6 is 0 Å². The van der Waals surface area contributed by atoms with Crippen LogP contribution in [0.4, 0.5) is 0 Å². The third-order valence-corrected chi connectivity index (χ3v) is 9.61. The summed E-state index contributed by atoms with van der Waals surface area (Å²) in [6.07, 6.45) is 51.0. The first kappa shape index (κ1) is 43.9. The molecular formula is C42H86O2. The van der Waals surface area contributed by atoms with Crippen LogP contribution in [0.5, 0.6) is 0 Å². The highest BCUT2D eigenvalue weighted by Crippen LogP contribution is 2.15. The predicted octanol–water partition coefficient (Wildman–Crippen LogP) is 15.1. The van der Waals surface area contributed by atoms with Gasteiger partial charge in [0.1, 0.15) is 0 Å². The first-order valence-corrected chi connectivity index (χ1v) is 21.1. The molecule has 266 valence electrons. The number of ether oxygens (including phenoxy) is 2. The first-order valence-electron chi connectivity index (χ1n) is 21.1. The zero-order valence-corrected chi connectivity index (χ0v) is 31.1. The lowest BCUT2D eigenvalue weighted by Crippen LogP contribution is -2.01. The minimum atomic E-state index is 0.918. The van der Waals surface area contributed by atoms with Crippen molar-refractivity contribution in [1.29, 1.82) is 0 Å². The smallest absolute Gasteiger partial charge is 0.0466 e. The van der Waals surface area contributed by atoms with Crippen molar-refractivity contribution in [3.8, 4) is 0 Å². The summed E-state index contributed by atoms with van der Waals surface area (Å²) in [6, 6.07) is 0. The molecule has 0 amide bonds. The molecule has 0 saturated heterocycles. The quantitative estimate of drug-likeness (QED) is 0.0631. The van der Waals surface area contributed by atoms with Crippen molar-refractivity contribution in [3.63, 3.8) is 0 Å². The summed E-state index contributed by atoms with van der Waals surface area (Å²) in [4.78, 5) is 0. The van der Waals surface area contributed by atoms with E-state index in [1.54, 1.807) is 0 Å². The Morgan fingerprint density at radius 1 is 0.182 bits per heavy atom. The van der Waals surface area contributed by atoms with Gasteiger partial charge in [-0.2, -0.15) is 0 Å². The molecular weight excluding hydrogens is 536 g/mol. The van der Waals surface area contributed by atoms with Gasteiger partial charge >= 0.3 is 0 Å². The Balaban J connectivity index is 3.03. The minimum absolute atomic E-state index is 0.918. The third kappa shape index (κ3) is 41.9. The summed E-state index contributed by atoms with van der Waals surface area (Å²) in [5, 5.41) is 0. The van der Waals surface area contributed by atoms with E-state index in [4.69, 9.17) is 9.47 Å². The van der Waals surface area contributed by atoms with Crippen LogP contribution in [0.3, 0.4) is 0 Å². The van der Waals surface area contributed by atoms with Gasteiger partial charge in [0.05, 0.1) is 0 Å². The third-order valence-electron chi connectivity index (χ3n) is 9.61. The number of hydrogen-bond donors (Lipinski definition) is 0. The molecule has 0 heterocycles. The van der Waals surface area contributed by atoms with Crippen molar-refractivity contribution in [2.75, 3.05) is 26.4 Å². The lowest BCUT2D eigenvalue weighted by molar-refractivity contribution is 0.0991. The molecule has 0 aliphatic carbocycles. The van der Waals surface area contributed by atoms with Gasteiger partial charge in [-0.05, 0) is 25.7 Å². The molecule has 0 atom stereocenters. The van der Waals surface area contributed by atoms with Crippen molar-refractivity contribution in [1.82, 2.24) is 0 Å². The fraction of sp³-hybridized carbons (Fsp3) is 1.00. The van der Waals surface area contributed by atoms with Crippen LogP contribution in [0.15, 0.2) is 0 Å². The second-order valence-electron chi connectivity index (χ2n) is 14.2. The number of unbranched alkanes of at least 4 members (excludes halogenated alkanes) is 33. The maximum atomic E-state index is 5.85. The van der Waals surface area contributed by atoms with E-state index in [0.29, 0.717) is 0 Å². The molecule has 0 fully saturated rings. The Morgan fingerprint density at radius 3 is 0.500 bits per heavy atom. The molecule has 0 aliphatic rings. The Hall–Kier alpha value is -0.0800. The van der Waals surface area contributed by atoms with Crippen LogP contribution < -0.4 is 0 Å². The summed E-state index contributed by atoms with van der Waals surface area (Å²) < 4.78 is 11.7. The molecule has 0 bridgehead atoms. The highest BCUT2D eigenvalue weighted by Gasteiger charge is 1.98. The molecule has 0 rings (SSSR count). The van der Waals surface area contributed by atoms with E-state index < -0.39 is 0 Å². The normalized spacial score (nSPS) is 11.6. The SMILES string of the molecule is CCCCCCCCCCCCCCCCCCCOCCCCOCCCCCCCCCCCCCCCCCCC. The molecule has 44 heavy (non-hydrogen) atoms. The standard InChI is InChI=1S/C42H86O2/c1-3-5-7-9-11-13-15-17-19-21-23-25-27-29-31-33-35-39-43-41-37-38-42-44-40-36-34-32-30-28-26-24-22-20-18-16-14-12-10-8-6-4-2/h3-42H2,1-2H3. The Labute approximate surface area is 280 Å². The minimum Gasteiger partial charge on any atom is -0.381 e. The fourth-order valence-electron chi connectivity index (χ4n) is 6.47. The molecule has 2 heteroatoms. The van der Waals surface area contributed by atoms with Gasteiger partial charge in [0.15, 0.2) is 0 Å². The molecule has 0 aromatic heterocycles. The summed E-state index contributed by atoms with van der Waals surface area (Å²) >= 11 is 0. The lowest BCUT2D eigenvalue weighted by Gasteiger charge is -2.06. The van der Waals surface area contributed by atoms with Crippen molar-refractivity contribution in [2.24, 2.45) is 0 Å². The highest BCUT2D eigenvalue weighted by atomic mass is 16.5. The van der Waals surface area contributed by atoms with Gasteiger partial charge in [-0.25, -0.2) is 0 Å². The lowest BCUT2D eigenvalue weighted by atomic mass is 10.0. The molecule has 0 aromatic rings. The predicted molar refractivity (Wildman–Crippen MR) is 199 cm³/mol. The fourth-order valence-corrected chi connectivity index (χ4v) is 6.47. The van der Waals surface area contributed by atoms with Crippen LogP contribution in [0.2, 0.25) is 0 Å². The summed E-state index contributed by atoms with van der Waals surface area (Å²) in [5.41, 5.74) is 0. The molecule has 0 spiro atoms. The second kappa shape index (κ2) is 42.9. The van der Waals surface area contributed by atoms with Gasteiger partial charge in [0.25, 0.3) is 0 Å². The van der Waals surface area contributed by atoms with Gasteiger partial charge in [0, 0.05) is 26.4 Å². The van der Waals surface area contributed by atoms with E-state index in [1.807, 2.05) is 0 Å². The molecule has 0 N–H and O–H groups in total. The molecule has 0 saturated carbocycles. The van der Waals surface area contributed by atoms with E-state index >= 15 is 0 Å². The number of hydrogen-bond acceptors (Lipinski definition) is 2. The van der Waals surface area contributed by atoms with E-state index in [0.717, 1.165) is 39.3 Å². The molecule has 0 radical (unpaired) electrons. The zero-order valence-electron chi connectivity index (χ0n) is 31.1. The van der Waals surface area contributed by atoms with E-state index in [2.05, 4.69) is 13.8 Å². The Kier molecular flexibility index (Phi) is 42.8. The summed E-state index contributed by atoms with van der Waals surface area (Å²) in [7, 11) is 0. The zero-order chi connectivity index (χ0) is 31.7. The van der Waals surface area contributed by atoms with Crippen molar-refractivity contribution >= 4 is 0 Å². The van der Waals surface area contributed by atoms with Crippen LogP contribution in [0.1, 0.15) is 245 Å². The van der Waals surface area contributed by atoms with E-state index in [1.165, 1.54) is 218 Å².